The van der Waals surface area contributed by atoms with Crippen LogP contribution in [0.3, 0.4) is 0 Å². The highest BCUT2D eigenvalue weighted by atomic mass is 16.5. The summed E-state index contributed by atoms with van der Waals surface area (Å²) in [6.07, 6.45) is 1.53. The molecule has 0 aliphatic rings. The molecule has 0 aliphatic heterocycles. The number of rotatable bonds is 4. The van der Waals surface area contributed by atoms with Crippen molar-refractivity contribution in [2.75, 3.05) is 21.3 Å². The highest BCUT2D eigenvalue weighted by Gasteiger charge is 2.19. The van der Waals surface area contributed by atoms with Crippen molar-refractivity contribution < 1.29 is 23.8 Å². The Kier molecular flexibility index (Phi) is 4.27. The summed E-state index contributed by atoms with van der Waals surface area (Å²) in [6, 6.07) is 8.49. The molecule has 0 fully saturated rings. The molecule has 1 aromatic heterocycles. The Morgan fingerprint density at radius 2 is 1.57 bits per heavy atom. The molecule has 1 heterocycles. The maximum Gasteiger partial charge on any atom is 0.355 e. The van der Waals surface area contributed by atoms with Gasteiger partial charge in [0.15, 0.2) is 0 Å². The van der Waals surface area contributed by atoms with Crippen molar-refractivity contribution in [1.29, 1.82) is 0 Å². The molecule has 21 heavy (non-hydrogen) atoms. The number of benzene rings is 1. The first-order valence-corrected chi connectivity index (χ1v) is 6.14. The summed E-state index contributed by atoms with van der Waals surface area (Å²) in [5, 5.41) is 0. The third-order valence-electron chi connectivity index (χ3n) is 2.99. The van der Waals surface area contributed by atoms with E-state index in [1.54, 1.807) is 35.9 Å². The van der Waals surface area contributed by atoms with Crippen LogP contribution in [0, 0.1) is 0 Å². The first kappa shape index (κ1) is 14.6. The van der Waals surface area contributed by atoms with Gasteiger partial charge in [-0.15, -0.1) is 0 Å². The minimum atomic E-state index is -0.541. The van der Waals surface area contributed by atoms with E-state index in [1.807, 2.05) is 0 Å². The van der Waals surface area contributed by atoms with E-state index in [9.17, 15) is 9.59 Å². The number of aromatic nitrogens is 1. The minimum absolute atomic E-state index is 0.239. The lowest BCUT2D eigenvalue weighted by Crippen LogP contribution is -2.08. The number of ether oxygens (including phenoxy) is 3. The molecule has 1 aromatic carbocycles. The summed E-state index contributed by atoms with van der Waals surface area (Å²) in [4.78, 5) is 23.4. The summed E-state index contributed by atoms with van der Waals surface area (Å²) in [7, 11) is 4.14. The quantitative estimate of drug-likeness (QED) is 0.806. The van der Waals surface area contributed by atoms with Gasteiger partial charge in [-0.3, -0.25) is 0 Å². The third-order valence-corrected chi connectivity index (χ3v) is 2.99. The molecule has 0 N–H and O–H groups in total. The summed E-state index contributed by atoms with van der Waals surface area (Å²) in [6.45, 7) is 0. The predicted molar refractivity (Wildman–Crippen MR) is 75.0 cm³/mol. The van der Waals surface area contributed by atoms with Crippen molar-refractivity contribution in [1.82, 2.24) is 4.57 Å². The van der Waals surface area contributed by atoms with Crippen LogP contribution in [0.15, 0.2) is 36.5 Å². The van der Waals surface area contributed by atoms with Crippen molar-refractivity contribution in [2.45, 2.75) is 0 Å². The Hall–Kier alpha value is -2.76. The molecule has 0 atom stereocenters. The van der Waals surface area contributed by atoms with Crippen molar-refractivity contribution >= 4 is 11.9 Å². The minimum Gasteiger partial charge on any atom is -0.497 e. The molecule has 0 saturated heterocycles. The van der Waals surface area contributed by atoms with Crippen LogP contribution in [0.1, 0.15) is 20.8 Å². The maximum absolute atomic E-state index is 11.8. The third kappa shape index (κ3) is 2.89. The second-order valence-corrected chi connectivity index (χ2v) is 4.17. The standard InChI is InChI=1S/C15H15NO5/c1-19-12-6-4-11(5-7-12)16-9-10(14(17)20-2)8-13(16)15(18)21-3/h4-9H,1-3H3. The van der Waals surface area contributed by atoms with E-state index in [0.717, 1.165) is 0 Å². The zero-order chi connectivity index (χ0) is 15.4. The van der Waals surface area contributed by atoms with Gasteiger partial charge >= 0.3 is 11.9 Å². The fourth-order valence-electron chi connectivity index (χ4n) is 1.91. The number of esters is 2. The number of carbonyl (C=O) groups excluding carboxylic acids is 2. The van der Waals surface area contributed by atoms with Gasteiger partial charge in [-0.05, 0) is 30.3 Å². The van der Waals surface area contributed by atoms with Crippen LogP contribution in [0.4, 0.5) is 0 Å². The fraction of sp³-hybridized carbons (Fsp3) is 0.200. The van der Waals surface area contributed by atoms with Gasteiger partial charge in [0.1, 0.15) is 11.4 Å². The number of hydrogen-bond donors (Lipinski definition) is 0. The van der Waals surface area contributed by atoms with Crippen LogP contribution in [0.2, 0.25) is 0 Å². The normalized spacial score (nSPS) is 10.0. The smallest absolute Gasteiger partial charge is 0.355 e. The topological polar surface area (TPSA) is 66.8 Å². The van der Waals surface area contributed by atoms with Crippen molar-refractivity contribution in [3.05, 3.63) is 47.8 Å². The zero-order valence-electron chi connectivity index (χ0n) is 12.0. The number of methoxy groups -OCH3 is 3. The second-order valence-electron chi connectivity index (χ2n) is 4.17. The SMILES string of the molecule is COC(=O)c1cc(C(=O)OC)n(-c2ccc(OC)cc2)c1. The van der Waals surface area contributed by atoms with Crippen LogP contribution < -0.4 is 4.74 Å². The van der Waals surface area contributed by atoms with Gasteiger partial charge in [0.05, 0.1) is 26.9 Å². The predicted octanol–water partition coefficient (Wildman–Crippen LogP) is 2.06. The van der Waals surface area contributed by atoms with E-state index in [0.29, 0.717) is 11.4 Å². The first-order valence-electron chi connectivity index (χ1n) is 6.14. The average Bonchev–Trinajstić information content (AvgIpc) is 2.98. The Labute approximate surface area is 121 Å². The number of carbonyl (C=O) groups is 2. The molecule has 110 valence electrons. The number of hydrogen-bond acceptors (Lipinski definition) is 5. The Bertz CT molecular complexity index is 657. The molecule has 0 aliphatic carbocycles. The lowest BCUT2D eigenvalue weighted by Gasteiger charge is -2.08. The second kappa shape index (κ2) is 6.13. The summed E-state index contributed by atoms with van der Waals surface area (Å²) in [5.41, 5.74) is 1.21. The van der Waals surface area contributed by atoms with Crippen molar-refractivity contribution in [2.24, 2.45) is 0 Å². The molecule has 0 unspecified atom stereocenters. The lowest BCUT2D eigenvalue weighted by atomic mass is 10.3. The van der Waals surface area contributed by atoms with E-state index < -0.39 is 11.9 Å². The average molecular weight is 289 g/mol. The molecule has 0 spiro atoms. The van der Waals surface area contributed by atoms with Gasteiger partial charge < -0.3 is 18.8 Å². The molecule has 2 aromatic rings. The lowest BCUT2D eigenvalue weighted by molar-refractivity contribution is 0.0590. The molecular weight excluding hydrogens is 274 g/mol. The van der Waals surface area contributed by atoms with Crippen LogP contribution in [0.5, 0.6) is 5.75 Å². The molecule has 0 amide bonds. The summed E-state index contributed by atoms with van der Waals surface area (Å²) in [5.74, 6) is -0.368. The van der Waals surface area contributed by atoms with E-state index in [4.69, 9.17) is 9.47 Å². The molecule has 2 rings (SSSR count). The Morgan fingerprint density at radius 1 is 0.952 bits per heavy atom. The summed E-state index contributed by atoms with van der Waals surface area (Å²) < 4.78 is 16.1. The fourth-order valence-corrected chi connectivity index (χ4v) is 1.91. The van der Waals surface area contributed by atoms with Gasteiger partial charge in [0, 0.05) is 11.9 Å². The van der Waals surface area contributed by atoms with Crippen LogP contribution in [-0.4, -0.2) is 37.8 Å². The zero-order valence-corrected chi connectivity index (χ0v) is 12.0. The maximum atomic E-state index is 11.8. The van der Waals surface area contributed by atoms with Gasteiger partial charge in [0.25, 0.3) is 0 Å². The van der Waals surface area contributed by atoms with E-state index in [1.165, 1.54) is 26.5 Å². The number of nitrogens with zero attached hydrogens (tertiary/aromatic N) is 1. The van der Waals surface area contributed by atoms with E-state index in [2.05, 4.69) is 4.74 Å². The molecular formula is C15H15NO5. The van der Waals surface area contributed by atoms with Crippen LogP contribution in [0.25, 0.3) is 5.69 Å². The highest BCUT2D eigenvalue weighted by molar-refractivity contribution is 5.95. The van der Waals surface area contributed by atoms with Crippen LogP contribution >= 0.6 is 0 Å². The highest BCUT2D eigenvalue weighted by Crippen LogP contribution is 2.20. The van der Waals surface area contributed by atoms with Crippen LogP contribution in [-0.2, 0) is 9.47 Å². The van der Waals surface area contributed by atoms with Gasteiger partial charge in [-0.1, -0.05) is 0 Å². The molecule has 6 heteroatoms. The summed E-state index contributed by atoms with van der Waals surface area (Å²) >= 11 is 0. The first-order chi connectivity index (χ1) is 10.1. The van der Waals surface area contributed by atoms with Gasteiger partial charge in [-0.25, -0.2) is 9.59 Å². The molecule has 0 saturated carbocycles. The van der Waals surface area contributed by atoms with Gasteiger partial charge in [0.2, 0.25) is 0 Å². The Balaban J connectivity index is 2.51. The van der Waals surface area contributed by atoms with Crippen molar-refractivity contribution in [3.63, 3.8) is 0 Å². The van der Waals surface area contributed by atoms with Gasteiger partial charge in [-0.2, -0.15) is 0 Å². The Morgan fingerprint density at radius 3 is 2.10 bits per heavy atom. The van der Waals surface area contributed by atoms with Crippen molar-refractivity contribution in [3.8, 4) is 11.4 Å². The van der Waals surface area contributed by atoms with E-state index in [-0.39, 0.29) is 11.3 Å². The molecule has 0 radical (unpaired) electrons. The van der Waals surface area contributed by atoms with E-state index >= 15 is 0 Å². The largest absolute Gasteiger partial charge is 0.497 e. The monoisotopic (exact) mass is 289 g/mol. The molecule has 6 nitrogen and oxygen atoms in total. The molecule has 0 bridgehead atoms.